The summed E-state index contributed by atoms with van der Waals surface area (Å²) in [6.45, 7) is 3.40. The van der Waals surface area contributed by atoms with Gasteiger partial charge in [-0.1, -0.05) is 25.1 Å². The second-order valence-corrected chi connectivity index (χ2v) is 6.01. The molecule has 24 heavy (non-hydrogen) atoms. The molecule has 130 valence electrons. The lowest BCUT2D eigenvalue weighted by Gasteiger charge is -2.36. The van der Waals surface area contributed by atoms with E-state index in [9.17, 15) is 14.4 Å². The van der Waals surface area contributed by atoms with Gasteiger partial charge >= 0.3 is 11.9 Å². The smallest absolute Gasteiger partial charge is 0.338 e. The van der Waals surface area contributed by atoms with Crippen LogP contribution in [0.1, 0.15) is 30.6 Å². The summed E-state index contributed by atoms with van der Waals surface area (Å²) in [7, 11) is 1.32. The first kappa shape index (κ1) is 18.1. The molecule has 1 aliphatic rings. The zero-order chi connectivity index (χ0) is 17.7. The quantitative estimate of drug-likeness (QED) is 0.767. The van der Waals surface area contributed by atoms with E-state index in [4.69, 9.17) is 14.2 Å². The maximum Gasteiger partial charge on any atom is 0.338 e. The van der Waals surface area contributed by atoms with Crippen LogP contribution in [0.3, 0.4) is 0 Å². The lowest BCUT2D eigenvalue weighted by molar-refractivity contribution is -0.170. The number of hydrogen-bond acceptors (Lipinski definition) is 6. The van der Waals surface area contributed by atoms with Crippen LogP contribution in [0.25, 0.3) is 0 Å². The van der Waals surface area contributed by atoms with E-state index in [1.54, 1.807) is 37.3 Å². The van der Waals surface area contributed by atoms with Gasteiger partial charge in [-0.25, -0.2) is 4.79 Å². The van der Waals surface area contributed by atoms with Crippen molar-refractivity contribution in [2.45, 2.75) is 32.5 Å². The molecule has 0 radical (unpaired) electrons. The molecule has 0 aromatic heterocycles. The number of ketones is 1. The van der Waals surface area contributed by atoms with Gasteiger partial charge in [0.15, 0.2) is 11.9 Å². The van der Waals surface area contributed by atoms with E-state index in [1.807, 2.05) is 6.92 Å². The molecule has 1 aromatic rings. The van der Waals surface area contributed by atoms with Crippen LogP contribution in [0.15, 0.2) is 30.3 Å². The Morgan fingerprint density at radius 3 is 2.58 bits per heavy atom. The highest BCUT2D eigenvalue weighted by Crippen LogP contribution is 2.28. The summed E-state index contributed by atoms with van der Waals surface area (Å²) in [6.07, 6.45) is -1.03. The number of rotatable bonds is 5. The van der Waals surface area contributed by atoms with E-state index in [1.165, 1.54) is 7.11 Å². The van der Waals surface area contributed by atoms with Crippen LogP contribution in [-0.2, 0) is 23.8 Å². The number of Topliss-reactive ketones (excluding diaryl/α,β-unsaturated/α-hetero) is 1. The number of carbonyl (C=O) groups excluding carboxylic acids is 3. The molecule has 1 saturated heterocycles. The lowest BCUT2D eigenvalue weighted by atomic mass is 9.85. The van der Waals surface area contributed by atoms with Crippen molar-refractivity contribution < 1.29 is 28.6 Å². The van der Waals surface area contributed by atoms with Crippen LogP contribution in [0.5, 0.6) is 0 Å². The molecule has 0 amide bonds. The second-order valence-electron chi connectivity index (χ2n) is 6.01. The van der Waals surface area contributed by atoms with Crippen molar-refractivity contribution in [3.05, 3.63) is 35.9 Å². The zero-order valence-corrected chi connectivity index (χ0v) is 14.1. The molecule has 6 heteroatoms. The van der Waals surface area contributed by atoms with Gasteiger partial charge in [0, 0.05) is 6.42 Å². The monoisotopic (exact) mass is 334 g/mol. The van der Waals surface area contributed by atoms with Gasteiger partial charge in [-0.05, 0) is 25.0 Å². The molecule has 0 bridgehead atoms. The highest BCUT2D eigenvalue weighted by atomic mass is 16.6. The Hall–Kier alpha value is -2.21. The van der Waals surface area contributed by atoms with E-state index < -0.39 is 24.1 Å². The molecule has 0 N–H and O–H groups in total. The van der Waals surface area contributed by atoms with Crippen molar-refractivity contribution >= 4 is 17.7 Å². The maximum absolute atomic E-state index is 12.1. The predicted octanol–water partition coefficient (Wildman–Crippen LogP) is 2.02. The van der Waals surface area contributed by atoms with E-state index >= 15 is 0 Å². The molecule has 1 aliphatic heterocycles. The zero-order valence-electron chi connectivity index (χ0n) is 14.1. The van der Waals surface area contributed by atoms with E-state index in [-0.39, 0.29) is 30.7 Å². The lowest BCUT2D eigenvalue weighted by Crippen LogP contribution is -2.47. The van der Waals surface area contributed by atoms with Crippen LogP contribution in [-0.4, -0.2) is 43.6 Å². The minimum Gasteiger partial charge on any atom is -0.469 e. The Morgan fingerprint density at radius 1 is 1.29 bits per heavy atom. The summed E-state index contributed by atoms with van der Waals surface area (Å²) in [6, 6.07) is 8.53. The van der Waals surface area contributed by atoms with Gasteiger partial charge in [0.05, 0.1) is 24.7 Å². The van der Waals surface area contributed by atoms with E-state index in [0.29, 0.717) is 5.56 Å². The number of hydrogen-bond donors (Lipinski definition) is 0. The molecule has 0 unspecified atom stereocenters. The third-order valence-corrected chi connectivity index (χ3v) is 4.21. The average Bonchev–Trinajstić information content (AvgIpc) is 2.60. The Kier molecular flexibility index (Phi) is 6.09. The van der Waals surface area contributed by atoms with Crippen LogP contribution in [0, 0.1) is 11.8 Å². The molecular weight excluding hydrogens is 312 g/mol. The van der Waals surface area contributed by atoms with Gasteiger partial charge < -0.3 is 14.2 Å². The topological polar surface area (TPSA) is 78.9 Å². The predicted molar refractivity (Wildman–Crippen MR) is 85.4 cm³/mol. The highest BCUT2D eigenvalue weighted by Gasteiger charge is 2.40. The van der Waals surface area contributed by atoms with Crippen molar-refractivity contribution in [2.75, 3.05) is 13.7 Å². The third kappa shape index (κ3) is 4.20. The van der Waals surface area contributed by atoms with Crippen molar-refractivity contribution in [2.24, 2.45) is 11.8 Å². The van der Waals surface area contributed by atoms with Crippen molar-refractivity contribution in [1.29, 1.82) is 0 Å². The summed E-state index contributed by atoms with van der Waals surface area (Å²) in [4.78, 5) is 35.8. The van der Waals surface area contributed by atoms with Crippen molar-refractivity contribution in [3.63, 3.8) is 0 Å². The molecular formula is C18H22O6. The fourth-order valence-corrected chi connectivity index (χ4v) is 2.84. The molecule has 1 fully saturated rings. The minimum atomic E-state index is -0.856. The van der Waals surface area contributed by atoms with Crippen LogP contribution in [0.4, 0.5) is 0 Å². The molecule has 2 rings (SSSR count). The van der Waals surface area contributed by atoms with E-state index in [2.05, 4.69) is 0 Å². The normalized spacial score (nSPS) is 25.0. The average molecular weight is 334 g/mol. The fraction of sp³-hybridized carbons (Fsp3) is 0.500. The maximum atomic E-state index is 12.1. The first-order valence-corrected chi connectivity index (χ1v) is 7.92. The molecule has 1 aromatic carbocycles. The number of carbonyl (C=O) groups is 3. The number of ether oxygens (including phenoxy) is 3. The Labute approximate surface area is 141 Å². The summed E-state index contributed by atoms with van der Waals surface area (Å²) in [5.74, 6) is -1.63. The van der Waals surface area contributed by atoms with Crippen LogP contribution < -0.4 is 0 Å². The van der Waals surface area contributed by atoms with Crippen molar-refractivity contribution in [1.82, 2.24) is 0 Å². The van der Waals surface area contributed by atoms with E-state index in [0.717, 1.165) is 0 Å². The number of esters is 2. The molecule has 0 saturated carbocycles. The Bertz CT molecular complexity index is 597. The van der Waals surface area contributed by atoms with Gasteiger partial charge in [0.1, 0.15) is 6.61 Å². The standard InChI is InChI=1S/C18H22O6/c1-11-9-14(19)15(24-16(11)12(2)17(20)22-3)10-23-18(21)13-7-5-4-6-8-13/h4-8,11-12,15-16H,9-10H2,1-3H3/t11-,12+,15+,16-/m0/s1. The van der Waals surface area contributed by atoms with Gasteiger partial charge in [-0.15, -0.1) is 0 Å². The largest absolute Gasteiger partial charge is 0.469 e. The van der Waals surface area contributed by atoms with Gasteiger partial charge in [0.2, 0.25) is 0 Å². The second kappa shape index (κ2) is 8.06. The van der Waals surface area contributed by atoms with Crippen molar-refractivity contribution in [3.8, 4) is 0 Å². The molecule has 6 nitrogen and oxygen atoms in total. The Balaban J connectivity index is 1.98. The third-order valence-electron chi connectivity index (χ3n) is 4.21. The summed E-state index contributed by atoms with van der Waals surface area (Å²) in [5, 5.41) is 0. The first-order chi connectivity index (χ1) is 11.4. The highest BCUT2D eigenvalue weighted by molar-refractivity contribution is 5.90. The van der Waals surface area contributed by atoms with Gasteiger partial charge in [0.25, 0.3) is 0 Å². The SMILES string of the molecule is COC(=O)[C@H](C)[C@H]1O[C@H](COC(=O)c2ccccc2)C(=O)C[C@@H]1C. The summed E-state index contributed by atoms with van der Waals surface area (Å²) >= 11 is 0. The number of benzene rings is 1. The molecule has 0 aliphatic carbocycles. The summed E-state index contributed by atoms with van der Waals surface area (Å²) in [5.41, 5.74) is 0.411. The molecule has 1 heterocycles. The summed E-state index contributed by atoms with van der Waals surface area (Å²) < 4.78 is 15.7. The van der Waals surface area contributed by atoms with Crippen LogP contribution in [0.2, 0.25) is 0 Å². The molecule has 0 spiro atoms. The van der Waals surface area contributed by atoms with Crippen LogP contribution >= 0.6 is 0 Å². The first-order valence-electron chi connectivity index (χ1n) is 7.92. The van der Waals surface area contributed by atoms with Gasteiger partial charge in [-0.2, -0.15) is 0 Å². The molecule has 4 atom stereocenters. The van der Waals surface area contributed by atoms with Gasteiger partial charge in [-0.3, -0.25) is 9.59 Å². The Morgan fingerprint density at radius 2 is 1.96 bits per heavy atom. The number of methoxy groups -OCH3 is 1. The minimum absolute atomic E-state index is 0.104. The fourth-order valence-electron chi connectivity index (χ4n) is 2.84.